The Balaban J connectivity index is 2.34. The van der Waals surface area contributed by atoms with Gasteiger partial charge in [-0.15, -0.1) is 0 Å². The van der Waals surface area contributed by atoms with Crippen LogP contribution in [0.1, 0.15) is 17.0 Å². The number of nitrogens with zero attached hydrogens (tertiary/aromatic N) is 1. The second-order valence-electron chi connectivity index (χ2n) is 4.26. The lowest BCUT2D eigenvalue weighted by Crippen LogP contribution is -2.03. The summed E-state index contributed by atoms with van der Waals surface area (Å²) in [7, 11) is 0. The topological polar surface area (TPSA) is 23.8 Å². The summed E-state index contributed by atoms with van der Waals surface area (Å²) in [6, 6.07) is 11.5. The smallest absolute Gasteiger partial charge is 0.127 e. The molecule has 20 heavy (non-hydrogen) atoms. The van der Waals surface area contributed by atoms with Gasteiger partial charge in [0.15, 0.2) is 0 Å². The fraction of sp³-hybridized carbons (Fsp3) is 0.133. The Morgan fingerprint density at radius 3 is 2.40 bits per heavy atom. The summed E-state index contributed by atoms with van der Waals surface area (Å²) >= 11 is 17.8. The molecule has 2 aromatic carbocycles. The van der Waals surface area contributed by atoms with E-state index >= 15 is 0 Å². The maximum absolute atomic E-state index is 13.8. The largest absolute Gasteiger partial charge is 0.207 e. The van der Waals surface area contributed by atoms with Crippen molar-refractivity contribution in [2.45, 2.75) is 12.3 Å². The van der Waals surface area contributed by atoms with Gasteiger partial charge >= 0.3 is 0 Å². The highest BCUT2D eigenvalue weighted by atomic mass is 35.5. The molecule has 0 aromatic heterocycles. The lowest BCUT2D eigenvalue weighted by Gasteiger charge is -2.12. The zero-order valence-corrected chi connectivity index (χ0v) is 12.5. The molecule has 0 amide bonds. The van der Waals surface area contributed by atoms with Gasteiger partial charge in [0, 0.05) is 10.6 Å². The first kappa shape index (κ1) is 15.1. The summed E-state index contributed by atoms with van der Waals surface area (Å²) in [6.07, 6.45) is 0.181. The minimum absolute atomic E-state index is 0.181. The molecule has 0 N–H and O–H groups in total. The van der Waals surface area contributed by atoms with Crippen LogP contribution in [0.2, 0.25) is 15.1 Å². The fourth-order valence-corrected chi connectivity index (χ4v) is 2.45. The summed E-state index contributed by atoms with van der Waals surface area (Å²) in [6.45, 7) is 0. The summed E-state index contributed by atoms with van der Waals surface area (Å²) in [4.78, 5) is 0. The first-order chi connectivity index (χ1) is 9.52. The number of hydrogen-bond acceptors (Lipinski definition) is 1. The lowest BCUT2D eigenvalue weighted by molar-refractivity contribution is 0.604. The van der Waals surface area contributed by atoms with Crippen molar-refractivity contribution in [3.63, 3.8) is 0 Å². The van der Waals surface area contributed by atoms with Crippen LogP contribution in [0.15, 0.2) is 36.4 Å². The first-order valence-corrected chi connectivity index (χ1v) is 6.93. The first-order valence-electron chi connectivity index (χ1n) is 5.80. The van der Waals surface area contributed by atoms with Crippen LogP contribution >= 0.6 is 34.8 Å². The van der Waals surface area contributed by atoms with Gasteiger partial charge in [0.2, 0.25) is 0 Å². The number of nitriles is 1. The van der Waals surface area contributed by atoms with E-state index in [1.807, 2.05) is 0 Å². The third-order valence-electron chi connectivity index (χ3n) is 2.97. The van der Waals surface area contributed by atoms with Crippen LogP contribution in [0.5, 0.6) is 0 Å². The molecule has 1 unspecified atom stereocenters. The van der Waals surface area contributed by atoms with Crippen molar-refractivity contribution >= 4 is 34.8 Å². The van der Waals surface area contributed by atoms with E-state index in [0.717, 1.165) is 0 Å². The molecule has 0 heterocycles. The molecule has 0 saturated carbocycles. The molecule has 5 heteroatoms. The molecule has 0 spiro atoms. The monoisotopic (exact) mass is 327 g/mol. The Hall–Kier alpha value is -1.27. The SMILES string of the molecule is N#CC(Cc1c(F)cccc1Cl)c1ccc(Cl)c(Cl)c1. The average molecular weight is 329 g/mol. The predicted octanol–water partition coefficient (Wildman–Crippen LogP) is 5.64. The Morgan fingerprint density at radius 2 is 1.80 bits per heavy atom. The molecular formula is C15H9Cl3FN. The van der Waals surface area contributed by atoms with Gasteiger partial charge < -0.3 is 0 Å². The second-order valence-corrected chi connectivity index (χ2v) is 5.48. The van der Waals surface area contributed by atoms with Crippen LogP contribution in [0, 0.1) is 17.1 Å². The highest BCUT2D eigenvalue weighted by Gasteiger charge is 2.17. The molecule has 0 radical (unpaired) electrons. The van der Waals surface area contributed by atoms with Crippen molar-refractivity contribution in [2.24, 2.45) is 0 Å². The Labute approximate surface area is 131 Å². The van der Waals surface area contributed by atoms with Crippen LogP contribution in [-0.2, 0) is 6.42 Å². The van der Waals surface area contributed by atoms with Gasteiger partial charge in [-0.3, -0.25) is 0 Å². The molecule has 1 atom stereocenters. The predicted molar refractivity (Wildman–Crippen MR) is 79.9 cm³/mol. The number of rotatable bonds is 3. The van der Waals surface area contributed by atoms with Gasteiger partial charge in [0.1, 0.15) is 5.82 Å². The van der Waals surface area contributed by atoms with Crippen molar-refractivity contribution in [3.8, 4) is 6.07 Å². The lowest BCUT2D eigenvalue weighted by atomic mass is 9.93. The zero-order chi connectivity index (χ0) is 14.7. The van der Waals surface area contributed by atoms with Gasteiger partial charge in [-0.05, 0) is 36.2 Å². The van der Waals surface area contributed by atoms with Crippen molar-refractivity contribution in [2.75, 3.05) is 0 Å². The quantitative estimate of drug-likeness (QED) is 0.715. The average Bonchev–Trinajstić information content (AvgIpc) is 2.42. The van der Waals surface area contributed by atoms with E-state index in [4.69, 9.17) is 34.8 Å². The molecular weight excluding hydrogens is 320 g/mol. The third-order valence-corrected chi connectivity index (χ3v) is 4.06. The zero-order valence-electron chi connectivity index (χ0n) is 10.2. The minimum atomic E-state index is -0.542. The maximum Gasteiger partial charge on any atom is 0.127 e. The van der Waals surface area contributed by atoms with E-state index in [-0.39, 0.29) is 6.42 Å². The van der Waals surface area contributed by atoms with Gasteiger partial charge in [-0.1, -0.05) is 46.9 Å². The van der Waals surface area contributed by atoms with E-state index in [0.29, 0.717) is 26.2 Å². The fourth-order valence-electron chi connectivity index (χ4n) is 1.90. The molecule has 0 aliphatic heterocycles. The van der Waals surface area contributed by atoms with Crippen molar-refractivity contribution < 1.29 is 4.39 Å². The normalized spacial score (nSPS) is 11.9. The number of halogens is 4. The van der Waals surface area contributed by atoms with E-state index < -0.39 is 11.7 Å². The summed E-state index contributed by atoms with van der Waals surface area (Å²) < 4.78 is 13.8. The van der Waals surface area contributed by atoms with Gasteiger partial charge in [0.25, 0.3) is 0 Å². The van der Waals surface area contributed by atoms with Crippen molar-refractivity contribution in [1.82, 2.24) is 0 Å². The summed E-state index contributed by atoms with van der Waals surface area (Å²) in [5.41, 5.74) is 1.01. The molecule has 2 rings (SSSR count). The van der Waals surface area contributed by atoms with Crippen molar-refractivity contribution in [1.29, 1.82) is 5.26 Å². The van der Waals surface area contributed by atoms with Crippen LogP contribution in [0.3, 0.4) is 0 Å². The molecule has 0 saturated heterocycles. The van der Waals surface area contributed by atoms with Crippen LogP contribution < -0.4 is 0 Å². The number of hydrogen-bond donors (Lipinski definition) is 0. The standard InChI is InChI=1S/C15H9Cl3FN/c16-12-2-1-3-15(19)11(12)6-10(8-20)9-4-5-13(17)14(18)7-9/h1-5,7,10H,6H2. The molecule has 0 aliphatic carbocycles. The molecule has 102 valence electrons. The maximum atomic E-state index is 13.8. The molecule has 0 bridgehead atoms. The molecule has 0 aliphatic rings. The highest BCUT2D eigenvalue weighted by Crippen LogP contribution is 2.30. The van der Waals surface area contributed by atoms with Gasteiger partial charge in [-0.2, -0.15) is 5.26 Å². The Kier molecular flexibility index (Phi) is 4.88. The van der Waals surface area contributed by atoms with Crippen LogP contribution in [-0.4, -0.2) is 0 Å². The molecule has 0 fully saturated rings. The van der Waals surface area contributed by atoms with Crippen LogP contribution in [0.25, 0.3) is 0 Å². The summed E-state index contributed by atoms with van der Waals surface area (Å²) in [5.74, 6) is -0.961. The second kappa shape index (κ2) is 6.45. The highest BCUT2D eigenvalue weighted by molar-refractivity contribution is 6.42. The third kappa shape index (κ3) is 3.24. The molecule has 2 aromatic rings. The van der Waals surface area contributed by atoms with E-state index in [9.17, 15) is 9.65 Å². The van der Waals surface area contributed by atoms with E-state index in [1.54, 1.807) is 24.3 Å². The molecule has 1 nitrogen and oxygen atoms in total. The van der Waals surface area contributed by atoms with Gasteiger partial charge in [0.05, 0.1) is 22.0 Å². The Morgan fingerprint density at radius 1 is 1.05 bits per heavy atom. The van der Waals surface area contributed by atoms with Gasteiger partial charge in [-0.25, -0.2) is 4.39 Å². The Bertz CT molecular complexity index is 659. The van der Waals surface area contributed by atoms with E-state index in [1.165, 1.54) is 12.1 Å². The summed E-state index contributed by atoms with van der Waals surface area (Å²) in [5, 5.41) is 10.4. The van der Waals surface area contributed by atoms with Crippen LogP contribution in [0.4, 0.5) is 4.39 Å². The van der Waals surface area contributed by atoms with Crippen molar-refractivity contribution in [3.05, 3.63) is 68.4 Å². The number of benzene rings is 2. The van der Waals surface area contributed by atoms with E-state index in [2.05, 4.69) is 6.07 Å². The minimum Gasteiger partial charge on any atom is -0.207 e.